The smallest absolute Gasteiger partial charge is 0.251 e. The van der Waals surface area contributed by atoms with Gasteiger partial charge in [-0.2, -0.15) is 0 Å². The van der Waals surface area contributed by atoms with Crippen molar-refractivity contribution in [3.8, 4) is 0 Å². The van der Waals surface area contributed by atoms with E-state index in [0.29, 0.717) is 5.92 Å². The molecule has 1 saturated heterocycles. The predicted octanol–water partition coefficient (Wildman–Crippen LogP) is 4.53. The average molecular weight is 370 g/mol. The summed E-state index contributed by atoms with van der Waals surface area (Å²) < 4.78 is 0. The van der Waals surface area contributed by atoms with Crippen LogP contribution >= 0.6 is 0 Å². The van der Waals surface area contributed by atoms with Gasteiger partial charge in [-0.25, -0.2) is 0 Å². The molecular weight excluding hydrogens is 344 g/mol. The quantitative estimate of drug-likeness (QED) is 0.691. The van der Waals surface area contributed by atoms with Crippen molar-refractivity contribution < 1.29 is 4.79 Å². The molecule has 1 N–H and O–H groups in total. The van der Waals surface area contributed by atoms with Crippen LogP contribution in [0.1, 0.15) is 27.9 Å². The number of nitrogens with one attached hydrogen (secondary N) is 1. The Morgan fingerprint density at radius 1 is 0.893 bits per heavy atom. The summed E-state index contributed by atoms with van der Waals surface area (Å²) in [7, 11) is 0. The van der Waals surface area contributed by atoms with Crippen molar-refractivity contribution in [2.24, 2.45) is 5.92 Å². The maximum absolute atomic E-state index is 12.8. The minimum Gasteiger partial charge on any atom is -0.371 e. The van der Waals surface area contributed by atoms with E-state index in [9.17, 15) is 4.79 Å². The normalized spacial score (nSPS) is 16.1. The first-order chi connectivity index (χ1) is 13.8. The number of carbonyl (C=O) groups is 1. The van der Waals surface area contributed by atoms with Crippen molar-refractivity contribution in [3.63, 3.8) is 0 Å². The van der Waals surface area contributed by atoms with Crippen LogP contribution in [-0.4, -0.2) is 25.5 Å². The van der Waals surface area contributed by atoms with Crippen LogP contribution in [0.25, 0.3) is 0 Å². The molecule has 28 heavy (non-hydrogen) atoms. The van der Waals surface area contributed by atoms with E-state index in [-0.39, 0.29) is 5.91 Å². The molecule has 1 heterocycles. The van der Waals surface area contributed by atoms with Crippen LogP contribution in [-0.2, 0) is 6.42 Å². The second-order valence-corrected chi connectivity index (χ2v) is 7.47. The average Bonchev–Trinajstić information content (AvgIpc) is 3.23. The van der Waals surface area contributed by atoms with Crippen molar-refractivity contribution in [1.82, 2.24) is 5.32 Å². The Morgan fingerprint density at radius 3 is 2.36 bits per heavy atom. The molecule has 0 spiro atoms. The summed E-state index contributed by atoms with van der Waals surface area (Å²) in [6, 6.07) is 28.7. The largest absolute Gasteiger partial charge is 0.371 e. The first-order valence-corrected chi connectivity index (χ1v) is 9.99. The lowest BCUT2D eigenvalue weighted by Crippen LogP contribution is -2.31. The molecule has 142 valence electrons. The van der Waals surface area contributed by atoms with Gasteiger partial charge in [-0.05, 0) is 48.1 Å². The van der Waals surface area contributed by atoms with Gasteiger partial charge in [0.15, 0.2) is 0 Å². The van der Waals surface area contributed by atoms with Crippen molar-refractivity contribution in [2.45, 2.75) is 12.8 Å². The zero-order valence-corrected chi connectivity index (χ0v) is 16.1. The van der Waals surface area contributed by atoms with Crippen LogP contribution in [0.3, 0.4) is 0 Å². The third-order valence-electron chi connectivity index (χ3n) is 5.46. The van der Waals surface area contributed by atoms with Crippen molar-refractivity contribution in [1.29, 1.82) is 0 Å². The van der Waals surface area contributed by atoms with Crippen molar-refractivity contribution in [3.05, 3.63) is 102 Å². The van der Waals surface area contributed by atoms with Gasteiger partial charge < -0.3 is 10.2 Å². The molecule has 1 unspecified atom stereocenters. The number of hydrogen-bond donors (Lipinski definition) is 1. The molecule has 0 aromatic heterocycles. The van der Waals surface area contributed by atoms with E-state index < -0.39 is 0 Å². The topological polar surface area (TPSA) is 32.3 Å². The highest BCUT2D eigenvalue weighted by Crippen LogP contribution is 2.23. The third kappa shape index (κ3) is 4.42. The molecule has 3 aromatic carbocycles. The fraction of sp³-hybridized carbons (Fsp3) is 0.240. The molecule has 1 aliphatic rings. The number of hydrogen-bond acceptors (Lipinski definition) is 2. The lowest BCUT2D eigenvalue weighted by molar-refractivity contribution is 0.0947. The molecule has 3 heteroatoms. The molecular formula is C25H26N2O. The number of nitrogens with zero attached hydrogens (tertiary/aromatic N) is 1. The molecule has 0 bridgehead atoms. The summed E-state index contributed by atoms with van der Waals surface area (Å²) in [5, 5.41) is 3.17. The summed E-state index contributed by atoms with van der Waals surface area (Å²) in [6.45, 7) is 2.77. The molecule has 0 radical (unpaired) electrons. The number of para-hydroxylation sites is 1. The lowest BCUT2D eigenvalue weighted by Gasteiger charge is -2.19. The SMILES string of the molecule is O=C(NCC1CCN(c2ccccc2)C1)c1ccccc1Cc1ccccc1. The Labute approximate surface area is 167 Å². The first-order valence-electron chi connectivity index (χ1n) is 9.99. The maximum atomic E-state index is 12.8. The molecule has 1 fully saturated rings. The van der Waals surface area contributed by atoms with Crippen LogP contribution in [0.15, 0.2) is 84.9 Å². The monoisotopic (exact) mass is 370 g/mol. The van der Waals surface area contributed by atoms with E-state index >= 15 is 0 Å². The number of rotatable bonds is 6. The fourth-order valence-corrected chi connectivity index (χ4v) is 3.92. The Hall–Kier alpha value is -3.07. The van der Waals surface area contributed by atoms with Gasteiger partial charge in [0.2, 0.25) is 0 Å². The van der Waals surface area contributed by atoms with Gasteiger partial charge in [0.25, 0.3) is 5.91 Å². The van der Waals surface area contributed by atoms with E-state index in [0.717, 1.165) is 43.6 Å². The summed E-state index contributed by atoms with van der Waals surface area (Å²) in [6.07, 6.45) is 1.89. The Kier molecular flexibility index (Phi) is 5.72. The van der Waals surface area contributed by atoms with Gasteiger partial charge in [-0.3, -0.25) is 4.79 Å². The van der Waals surface area contributed by atoms with E-state index in [4.69, 9.17) is 0 Å². The summed E-state index contributed by atoms with van der Waals surface area (Å²) >= 11 is 0. The van der Waals surface area contributed by atoms with Gasteiger partial charge in [0, 0.05) is 30.9 Å². The predicted molar refractivity (Wildman–Crippen MR) is 115 cm³/mol. The zero-order chi connectivity index (χ0) is 19.2. The molecule has 1 aliphatic heterocycles. The fourth-order valence-electron chi connectivity index (χ4n) is 3.92. The number of anilines is 1. The minimum atomic E-state index is 0.0321. The van der Waals surface area contributed by atoms with E-state index in [1.807, 2.05) is 42.5 Å². The summed E-state index contributed by atoms with van der Waals surface area (Å²) in [5.74, 6) is 0.523. The zero-order valence-electron chi connectivity index (χ0n) is 16.1. The number of benzene rings is 3. The second-order valence-electron chi connectivity index (χ2n) is 7.47. The molecule has 3 nitrogen and oxygen atoms in total. The number of carbonyl (C=O) groups excluding carboxylic acids is 1. The highest BCUT2D eigenvalue weighted by Gasteiger charge is 2.23. The van der Waals surface area contributed by atoms with Crippen molar-refractivity contribution >= 4 is 11.6 Å². The first kappa shape index (κ1) is 18.3. The van der Waals surface area contributed by atoms with Crippen LogP contribution in [0.4, 0.5) is 5.69 Å². The highest BCUT2D eigenvalue weighted by molar-refractivity contribution is 5.95. The van der Waals surface area contributed by atoms with Gasteiger partial charge in [-0.1, -0.05) is 66.7 Å². The Morgan fingerprint density at radius 2 is 1.57 bits per heavy atom. The van der Waals surface area contributed by atoms with Gasteiger partial charge >= 0.3 is 0 Å². The molecule has 0 aliphatic carbocycles. The molecule has 1 amide bonds. The summed E-state index contributed by atoms with van der Waals surface area (Å²) in [4.78, 5) is 15.2. The number of amides is 1. The Bertz CT molecular complexity index is 908. The highest BCUT2D eigenvalue weighted by atomic mass is 16.1. The van der Waals surface area contributed by atoms with E-state index in [1.54, 1.807) is 0 Å². The van der Waals surface area contributed by atoms with Gasteiger partial charge in [0.05, 0.1) is 0 Å². The second kappa shape index (κ2) is 8.75. The van der Waals surface area contributed by atoms with Gasteiger partial charge in [-0.15, -0.1) is 0 Å². The Balaban J connectivity index is 1.36. The van der Waals surface area contributed by atoms with Crippen LogP contribution in [0.5, 0.6) is 0 Å². The van der Waals surface area contributed by atoms with E-state index in [1.165, 1.54) is 11.3 Å². The molecule has 4 rings (SSSR count). The van der Waals surface area contributed by atoms with Crippen LogP contribution in [0.2, 0.25) is 0 Å². The van der Waals surface area contributed by atoms with E-state index in [2.05, 4.69) is 52.7 Å². The van der Waals surface area contributed by atoms with Crippen LogP contribution < -0.4 is 10.2 Å². The molecule has 0 saturated carbocycles. The third-order valence-corrected chi connectivity index (χ3v) is 5.46. The lowest BCUT2D eigenvalue weighted by atomic mass is 9.99. The van der Waals surface area contributed by atoms with Crippen molar-refractivity contribution in [2.75, 3.05) is 24.5 Å². The molecule has 3 aromatic rings. The van der Waals surface area contributed by atoms with Gasteiger partial charge in [0.1, 0.15) is 0 Å². The van der Waals surface area contributed by atoms with Crippen LogP contribution in [0, 0.1) is 5.92 Å². The standard InChI is InChI=1S/C25H26N2O/c28-25(24-14-8-7-11-22(24)17-20-9-3-1-4-10-20)26-18-21-15-16-27(19-21)23-12-5-2-6-13-23/h1-14,21H,15-19H2,(H,26,28). The molecule has 1 atom stereocenters. The summed E-state index contributed by atoms with van der Waals surface area (Å²) in [5.41, 5.74) is 4.34. The minimum absolute atomic E-state index is 0.0321. The maximum Gasteiger partial charge on any atom is 0.251 e.